The molecule has 2 saturated heterocycles. The molecule has 2 heterocycles. The lowest BCUT2D eigenvalue weighted by atomic mass is 10.2. The number of rotatable bonds is 4. The maximum Gasteiger partial charge on any atom is 0.279 e. The number of hydrogen-bond donors (Lipinski definition) is 2. The van der Waals surface area contributed by atoms with Gasteiger partial charge in [0.2, 0.25) is 0 Å². The summed E-state index contributed by atoms with van der Waals surface area (Å²) < 4.78 is 33.0. The van der Waals surface area contributed by atoms with E-state index in [4.69, 9.17) is 4.74 Å². The first-order chi connectivity index (χ1) is 7.68. The Labute approximate surface area is 96.5 Å². The summed E-state index contributed by atoms with van der Waals surface area (Å²) in [5, 5.41) is 3.26. The van der Waals surface area contributed by atoms with Crippen molar-refractivity contribution in [3.63, 3.8) is 0 Å². The molecule has 0 spiro atoms. The number of morpholine rings is 1. The fourth-order valence-corrected chi connectivity index (χ4v) is 3.24. The van der Waals surface area contributed by atoms with Crippen LogP contribution in [0.3, 0.4) is 0 Å². The third kappa shape index (κ3) is 3.14. The van der Waals surface area contributed by atoms with Gasteiger partial charge < -0.3 is 10.1 Å². The second-order valence-electron chi connectivity index (χ2n) is 4.16. The standard InChI is InChI=1S/C9H19N3O3S/c13-16(14,12-4-6-15-7-5-12)11-8-9-2-1-3-10-9/h9-11H,1-8H2. The average molecular weight is 249 g/mol. The summed E-state index contributed by atoms with van der Waals surface area (Å²) >= 11 is 0. The lowest BCUT2D eigenvalue weighted by molar-refractivity contribution is 0.0724. The number of nitrogens with one attached hydrogen (secondary N) is 2. The first-order valence-corrected chi connectivity index (χ1v) is 7.18. The van der Waals surface area contributed by atoms with Gasteiger partial charge in [-0.3, -0.25) is 0 Å². The van der Waals surface area contributed by atoms with Crippen LogP contribution in [-0.2, 0) is 14.9 Å². The van der Waals surface area contributed by atoms with Gasteiger partial charge in [-0.25, -0.2) is 4.72 Å². The zero-order valence-corrected chi connectivity index (χ0v) is 10.1. The summed E-state index contributed by atoms with van der Waals surface area (Å²) in [6, 6.07) is 0.288. The van der Waals surface area contributed by atoms with Gasteiger partial charge in [0.05, 0.1) is 13.2 Å². The van der Waals surface area contributed by atoms with Crippen LogP contribution in [0.15, 0.2) is 0 Å². The highest BCUT2D eigenvalue weighted by molar-refractivity contribution is 7.87. The topological polar surface area (TPSA) is 70.7 Å². The Balaban J connectivity index is 1.81. The second-order valence-corrected chi connectivity index (χ2v) is 5.91. The van der Waals surface area contributed by atoms with Gasteiger partial charge in [-0.1, -0.05) is 0 Å². The molecule has 0 aromatic rings. The van der Waals surface area contributed by atoms with Crippen LogP contribution in [0.25, 0.3) is 0 Å². The molecular weight excluding hydrogens is 230 g/mol. The lowest BCUT2D eigenvalue weighted by Crippen LogP contribution is -2.49. The van der Waals surface area contributed by atoms with E-state index in [1.54, 1.807) is 0 Å². The van der Waals surface area contributed by atoms with E-state index in [-0.39, 0.29) is 6.04 Å². The van der Waals surface area contributed by atoms with E-state index in [2.05, 4.69) is 10.0 Å². The highest BCUT2D eigenvalue weighted by Crippen LogP contribution is 2.06. The molecule has 94 valence electrons. The molecule has 0 radical (unpaired) electrons. The average Bonchev–Trinajstić information content (AvgIpc) is 2.81. The molecule has 2 fully saturated rings. The fraction of sp³-hybridized carbons (Fsp3) is 1.00. The molecule has 0 saturated carbocycles. The van der Waals surface area contributed by atoms with Gasteiger partial charge in [-0.05, 0) is 19.4 Å². The summed E-state index contributed by atoms with van der Waals surface area (Å²) in [7, 11) is -3.31. The van der Waals surface area contributed by atoms with Crippen molar-refractivity contribution in [1.82, 2.24) is 14.3 Å². The first kappa shape index (κ1) is 12.3. The number of ether oxygens (including phenoxy) is 1. The van der Waals surface area contributed by atoms with Crippen molar-refractivity contribution in [2.45, 2.75) is 18.9 Å². The quantitative estimate of drug-likeness (QED) is 0.664. The molecule has 0 aromatic heterocycles. The third-order valence-electron chi connectivity index (χ3n) is 2.98. The fourth-order valence-electron chi connectivity index (χ4n) is 2.02. The van der Waals surface area contributed by atoms with Gasteiger partial charge in [-0.2, -0.15) is 12.7 Å². The molecule has 2 aliphatic heterocycles. The van der Waals surface area contributed by atoms with E-state index in [1.807, 2.05) is 0 Å². The maximum absolute atomic E-state index is 11.9. The Morgan fingerprint density at radius 1 is 1.38 bits per heavy atom. The van der Waals surface area contributed by atoms with Crippen LogP contribution in [0.4, 0.5) is 0 Å². The van der Waals surface area contributed by atoms with E-state index in [0.29, 0.717) is 32.8 Å². The number of hydrogen-bond acceptors (Lipinski definition) is 4. The molecule has 16 heavy (non-hydrogen) atoms. The summed E-state index contributed by atoms with van der Waals surface area (Å²) in [6.07, 6.45) is 2.18. The Bertz CT molecular complexity index is 308. The first-order valence-electron chi connectivity index (χ1n) is 5.74. The molecule has 0 bridgehead atoms. The van der Waals surface area contributed by atoms with E-state index in [0.717, 1.165) is 19.4 Å². The minimum Gasteiger partial charge on any atom is -0.379 e. The Hall–Kier alpha value is -0.210. The third-order valence-corrected chi connectivity index (χ3v) is 4.56. The van der Waals surface area contributed by atoms with Crippen LogP contribution in [0, 0.1) is 0 Å². The largest absolute Gasteiger partial charge is 0.379 e. The highest BCUT2D eigenvalue weighted by Gasteiger charge is 2.25. The predicted molar refractivity (Wildman–Crippen MR) is 60.3 cm³/mol. The lowest BCUT2D eigenvalue weighted by Gasteiger charge is -2.26. The van der Waals surface area contributed by atoms with Gasteiger partial charge >= 0.3 is 0 Å². The van der Waals surface area contributed by atoms with Crippen LogP contribution in [-0.4, -0.2) is 58.2 Å². The van der Waals surface area contributed by atoms with Crippen LogP contribution >= 0.6 is 0 Å². The molecule has 2 aliphatic rings. The zero-order valence-electron chi connectivity index (χ0n) is 9.31. The zero-order chi connectivity index (χ0) is 11.4. The van der Waals surface area contributed by atoms with Crippen LogP contribution in [0.1, 0.15) is 12.8 Å². The Kier molecular flexibility index (Phi) is 4.15. The van der Waals surface area contributed by atoms with Crippen molar-refractivity contribution in [1.29, 1.82) is 0 Å². The van der Waals surface area contributed by atoms with Crippen molar-refractivity contribution in [2.24, 2.45) is 0 Å². The molecule has 7 heteroatoms. The summed E-state index contributed by atoms with van der Waals surface area (Å²) in [5.41, 5.74) is 0. The van der Waals surface area contributed by atoms with E-state index >= 15 is 0 Å². The summed E-state index contributed by atoms with van der Waals surface area (Å²) in [6.45, 7) is 3.36. The SMILES string of the molecule is O=S(=O)(NCC1CCCN1)N1CCOCC1. The summed E-state index contributed by atoms with van der Waals surface area (Å²) in [4.78, 5) is 0. The monoisotopic (exact) mass is 249 g/mol. The van der Waals surface area contributed by atoms with Crippen LogP contribution in [0.5, 0.6) is 0 Å². The molecule has 0 aromatic carbocycles. The maximum atomic E-state index is 11.9. The minimum atomic E-state index is -3.31. The van der Waals surface area contributed by atoms with Crippen molar-refractivity contribution in [2.75, 3.05) is 39.4 Å². The van der Waals surface area contributed by atoms with Gasteiger partial charge in [0.1, 0.15) is 0 Å². The Morgan fingerprint density at radius 3 is 2.75 bits per heavy atom. The molecule has 0 amide bonds. The predicted octanol–water partition coefficient (Wildman–Crippen LogP) is -1.09. The van der Waals surface area contributed by atoms with E-state index < -0.39 is 10.2 Å². The second kappa shape index (κ2) is 5.42. The van der Waals surface area contributed by atoms with Crippen molar-refractivity contribution >= 4 is 10.2 Å². The van der Waals surface area contributed by atoms with Gasteiger partial charge in [0.15, 0.2) is 0 Å². The molecule has 0 aliphatic carbocycles. The highest BCUT2D eigenvalue weighted by atomic mass is 32.2. The minimum absolute atomic E-state index is 0.288. The molecular formula is C9H19N3O3S. The van der Waals surface area contributed by atoms with E-state index in [1.165, 1.54) is 4.31 Å². The smallest absolute Gasteiger partial charge is 0.279 e. The van der Waals surface area contributed by atoms with Crippen molar-refractivity contribution < 1.29 is 13.2 Å². The normalized spacial score (nSPS) is 28.4. The summed E-state index contributed by atoms with van der Waals surface area (Å²) in [5.74, 6) is 0. The van der Waals surface area contributed by atoms with Crippen molar-refractivity contribution in [3.8, 4) is 0 Å². The Morgan fingerprint density at radius 2 is 2.12 bits per heavy atom. The number of nitrogens with zero attached hydrogens (tertiary/aromatic N) is 1. The van der Waals surface area contributed by atoms with Crippen LogP contribution < -0.4 is 10.0 Å². The molecule has 1 atom stereocenters. The molecule has 2 rings (SSSR count). The van der Waals surface area contributed by atoms with Crippen LogP contribution in [0.2, 0.25) is 0 Å². The molecule has 6 nitrogen and oxygen atoms in total. The van der Waals surface area contributed by atoms with Crippen molar-refractivity contribution in [3.05, 3.63) is 0 Å². The van der Waals surface area contributed by atoms with E-state index in [9.17, 15) is 8.42 Å². The molecule has 2 N–H and O–H groups in total. The van der Waals surface area contributed by atoms with Gasteiger partial charge in [0, 0.05) is 25.7 Å². The molecule has 1 unspecified atom stereocenters. The van der Waals surface area contributed by atoms with Gasteiger partial charge in [-0.15, -0.1) is 0 Å². The van der Waals surface area contributed by atoms with Gasteiger partial charge in [0.25, 0.3) is 10.2 Å².